The maximum absolute atomic E-state index is 12.0. The Labute approximate surface area is 123 Å². The number of amides is 1. The Hall–Kier alpha value is -2.00. The lowest BCUT2D eigenvalue weighted by atomic mass is 10.1. The maximum Gasteiger partial charge on any atom is 0.224 e. The number of hydrogen-bond acceptors (Lipinski definition) is 2. The summed E-state index contributed by atoms with van der Waals surface area (Å²) in [5.74, 6) is 0.113. The first kappa shape index (κ1) is 14.4. The van der Waals surface area contributed by atoms with E-state index < -0.39 is 0 Å². The quantitative estimate of drug-likeness (QED) is 0.905. The molecule has 1 amide bonds. The van der Waals surface area contributed by atoms with E-state index in [2.05, 4.69) is 5.32 Å². The van der Waals surface area contributed by atoms with Crippen molar-refractivity contribution < 1.29 is 9.90 Å². The lowest BCUT2D eigenvalue weighted by molar-refractivity contribution is -0.121. The Bertz CT molecular complexity index is 596. The number of halogens is 1. The molecule has 104 valence electrons. The van der Waals surface area contributed by atoms with Crippen LogP contribution in [0.1, 0.15) is 24.1 Å². The summed E-state index contributed by atoms with van der Waals surface area (Å²) in [4.78, 5) is 12.0. The molecule has 3 nitrogen and oxygen atoms in total. The van der Waals surface area contributed by atoms with Crippen LogP contribution in [0, 0.1) is 0 Å². The van der Waals surface area contributed by atoms with Gasteiger partial charge in [-0.15, -0.1) is 0 Å². The predicted molar refractivity (Wildman–Crippen MR) is 79.8 cm³/mol. The van der Waals surface area contributed by atoms with Crippen LogP contribution >= 0.6 is 11.6 Å². The highest BCUT2D eigenvalue weighted by Crippen LogP contribution is 2.22. The highest BCUT2D eigenvalue weighted by atomic mass is 35.5. The van der Waals surface area contributed by atoms with Crippen LogP contribution in [-0.4, -0.2) is 11.0 Å². The predicted octanol–water partition coefficient (Wildman–Crippen LogP) is 3.47. The first-order valence-corrected chi connectivity index (χ1v) is 6.76. The molecule has 1 atom stereocenters. The third-order valence-corrected chi connectivity index (χ3v) is 3.39. The van der Waals surface area contributed by atoms with Crippen molar-refractivity contribution in [2.24, 2.45) is 0 Å². The molecule has 20 heavy (non-hydrogen) atoms. The number of benzene rings is 2. The Balaban J connectivity index is 1.98. The van der Waals surface area contributed by atoms with Gasteiger partial charge in [0.2, 0.25) is 5.91 Å². The summed E-state index contributed by atoms with van der Waals surface area (Å²) < 4.78 is 0. The summed E-state index contributed by atoms with van der Waals surface area (Å²) in [5.41, 5.74) is 1.75. The Morgan fingerprint density at radius 2 is 1.85 bits per heavy atom. The summed E-state index contributed by atoms with van der Waals surface area (Å²) in [5, 5.41) is 12.8. The van der Waals surface area contributed by atoms with E-state index in [9.17, 15) is 9.90 Å². The fourth-order valence-corrected chi connectivity index (χ4v) is 2.30. The molecule has 0 saturated carbocycles. The largest absolute Gasteiger partial charge is 0.508 e. The topological polar surface area (TPSA) is 49.3 Å². The Morgan fingerprint density at radius 3 is 2.50 bits per heavy atom. The van der Waals surface area contributed by atoms with Gasteiger partial charge in [0.25, 0.3) is 0 Å². The van der Waals surface area contributed by atoms with E-state index in [0.29, 0.717) is 5.02 Å². The molecule has 0 spiro atoms. The second-order valence-corrected chi connectivity index (χ2v) is 5.06. The summed E-state index contributed by atoms with van der Waals surface area (Å²) in [7, 11) is 0. The number of aromatic hydroxyl groups is 1. The molecular weight excluding hydrogens is 274 g/mol. The summed E-state index contributed by atoms with van der Waals surface area (Å²) in [6, 6.07) is 13.9. The van der Waals surface area contributed by atoms with E-state index in [1.165, 1.54) is 0 Å². The molecule has 2 aromatic rings. The summed E-state index contributed by atoms with van der Waals surface area (Å²) in [6.45, 7) is 1.90. The SMILES string of the molecule is CC(NC(=O)Cc1ccc(O)cc1)c1ccccc1Cl. The zero-order chi connectivity index (χ0) is 14.5. The van der Waals surface area contributed by atoms with Gasteiger partial charge in [-0.3, -0.25) is 4.79 Å². The highest BCUT2D eigenvalue weighted by Gasteiger charge is 2.12. The van der Waals surface area contributed by atoms with Crippen molar-refractivity contribution in [3.05, 3.63) is 64.7 Å². The number of phenols is 1. The second-order valence-electron chi connectivity index (χ2n) is 4.65. The third kappa shape index (κ3) is 3.75. The first-order chi connectivity index (χ1) is 9.56. The number of phenolic OH excluding ortho intramolecular Hbond substituents is 1. The van der Waals surface area contributed by atoms with Gasteiger partial charge < -0.3 is 10.4 Å². The molecule has 0 aromatic heterocycles. The minimum absolute atomic E-state index is 0.0805. The van der Waals surface area contributed by atoms with Crippen molar-refractivity contribution in [2.45, 2.75) is 19.4 Å². The third-order valence-electron chi connectivity index (χ3n) is 3.05. The summed E-state index contributed by atoms with van der Waals surface area (Å²) >= 11 is 6.10. The van der Waals surface area contributed by atoms with Crippen molar-refractivity contribution >= 4 is 17.5 Å². The van der Waals surface area contributed by atoms with Gasteiger partial charge in [0, 0.05) is 5.02 Å². The minimum atomic E-state index is -0.145. The zero-order valence-electron chi connectivity index (χ0n) is 11.1. The van der Waals surface area contributed by atoms with Crippen LogP contribution in [-0.2, 0) is 11.2 Å². The average Bonchev–Trinajstić information content (AvgIpc) is 2.41. The molecule has 0 radical (unpaired) electrons. The van der Waals surface area contributed by atoms with Crippen LogP contribution in [0.2, 0.25) is 5.02 Å². The van der Waals surface area contributed by atoms with Crippen molar-refractivity contribution in [3.63, 3.8) is 0 Å². The van der Waals surface area contributed by atoms with Crippen LogP contribution in [0.25, 0.3) is 0 Å². The number of nitrogens with one attached hydrogen (secondary N) is 1. The molecule has 0 aliphatic carbocycles. The van der Waals surface area contributed by atoms with Gasteiger partial charge in [-0.25, -0.2) is 0 Å². The first-order valence-electron chi connectivity index (χ1n) is 6.38. The van der Waals surface area contributed by atoms with Crippen LogP contribution in [0.15, 0.2) is 48.5 Å². The molecule has 0 heterocycles. The van der Waals surface area contributed by atoms with Crippen molar-refractivity contribution in [1.82, 2.24) is 5.32 Å². The van der Waals surface area contributed by atoms with E-state index in [-0.39, 0.29) is 24.1 Å². The van der Waals surface area contributed by atoms with E-state index in [1.54, 1.807) is 30.3 Å². The van der Waals surface area contributed by atoms with E-state index in [4.69, 9.17) is 11.6 Å². The normalized spacial score (nSPS) is 11.9. The van der Waals surface area contributed by atoms with E-state index >= 15 is 0 Å². The molecule has 2 N–H and O–H groups in total. The maximum atomic E-state index is 12.0. The molecular formula is C16H16ClNO2. The molecule has 0 saturated heterocycles. The van der Waals surface area contributed by atoms with E-state index in [0.717, 1.165) is 11.1 Å². The number of hydrogen-bond donors (Lipinski definition) is 2. The van der Waals surface area contributed by atoms with Crippen LogP contribution < -0.4 is 5.32 Å². The lowest BCUT2D eigenvalue weighted by Gasteiger charge is -2.15. The number of rotatable bonds is 4. The minimum Gasteiger partial charge on any atom is -0.508 e. The van der Waals surface area contributed by atoms with Crippen molar-refractivity contribution in [2.75, 3.05) is 0 Å². The highest BCUT2D eigenvalue weighted by molar-refractivity contribution is 6.31. The Kier molecular flexibility index (Phi) is 4.64. The standard InChI is InChI=1S/C16H16ClNO2/c1-11(14-4-2-3-5-15(14)17)18-16(20)10-12-6-8-13(19)9-7-12/h2-9,11,19H,10H2,1H3,(H,18,20). The molecule has 1 unspecified atom stereocenters. The van der Waals surface area contributed by atoms with Crippen LogP contribution in [0.5, 0.6) is 5.75 Å². The van der Waals surface area contributed by atoms with Gasteiger partial charge >= 0.3 is 0 Å². The fourth-order valence-electron chi connectivity index (χ4n) is 2.00. The van der Waals surface area contributed by atoms with Crippen LogP contribution in [0.4, 0.5) is 0 Å². The van der Waals surface area contributed by atoms with Gasteiger partial charge in [0.05, 0.1) is 12.5 Å². The summed E-state index contributed by atoms with van der Waals surface area (Å²) in [6.07, 6.45) is 0.273. The zero-order valence-corrected chi connectivity index (χ0v) is 11.9. The smallest absolute Gasteiger partial charge is 0.224 e. The Morgan fingerprint density at radius 1 is 1.20 bits per heavy atom. The van der Waals surface area contributed by atoms with Gasteiger partial charge in [-0.05, 0) is 36.2 Å². The average molecular weight is 290 g/mol. The monoisotopic (exact) mass is 289 g/mol. The molecule has 0 aliphatic rings. The number of carbonyl (C=O) groups excluding carboxylic acids is 1. The van der Waals surface area contributed by atoms with Gasteiger partial charge in [0.15, 0.2) is 0 Å². The van der Waals surface area contributed by atoms with E-state index in [1.807, 2.05) is 25.1 Å². The molecule has 2 rings (SSSR count). The van der Waals surface area contributed by atoms with Crippen molar-refractivity contribution in [3.8, 4) is 5.75 Å². The molecule has 4 heteroatoms. The fraction of sp³-hybridized carbons (Fsp3) is 0.188. The molecule has 0 bridgehead atoms. The lowest BCUT2D eigenvalue weighted by Crippen LogP contribution is -2.28. The molecule has 0 fully saturated rings. The van der Waals surface area contributed by atoms with Crippen LogP contribution in [0.3, 0.4) is 0 Å². The van der Waals surface area contributed by atoms with Gasteiger partial charge in [-0.1, -0.05) is 41.9 Å². The molecule has 0 aliphatic heterocycles. The number of carbonyl (C=O) groups is 1. The molecule has 2 aromatic carbocycles. The van der Waals surface area contributed by atoms with Gasteiger partial charge in [-0.2, -0.15) is 0 Å². The van der Waals surface area contributed by atoms with Gasteiger partial charge in [0.1, 0.15) is 5.75 Å². The second kappa shape index (κ2) is 6.44. The van der Waals surface area contributed by atoms with Crippen molar-refractivity contribution in [1.29, 1.82) is 0 Å².